The number of nitro benzene ring substituents is 1. The minimum Gasteiger partial charge on any atom is -0.373 e. The van der Waals surface area contributed by atoms with E-state index >= 15 is 0 Å². The van der Waals surface area contributed by atoms with Gasteiger partial charge in [-0.1, -0.05) is 18.2 Å². The number of amides is 2. The summed E-state index contributed by atoms with van der Waals surface area (Å²) in [5.74, 6) is -1.33. The highest BCUT2D eigenvalue weighted by Crippen LogP contribution is 2.50. The van der Waals surface area contributed by atoms with E-state index in [0.29, 0.717) is 16.5 Å². The molecule has 7 nitrogen and oxygen atoms in total. The summed E-state index contributed by atoms with van der Waals surface area (Å²) >= 11 is 0. The van der Waals surface area contributed by atoms with Crippen LogP contribution >= 0.6 is 0 Å². The van der Waals surface area contributed by atoms with E-state index in [0.717, 1.165) is 12.8 Å². The van der Waals surface area contributed by atoms with E-state index in [1.165, 1.54) is 17.0 Å². The first kappa shape index (κ1) is 14.5. The predicted molar refractivity (Wildman–Crippen MR) is 88.0 cm³/mol. The number of hydrogen-bond acceptors (Lipinski definition) is 5. The average Bonchev–Trinajstić information content (AvgIpc) is 3.28. The van der Waals surface area contributed by atoms with E-state index in [-0.39, 0.29) is 29.7 Å². The van der Waals surface area contributed by atoms with Gasteiger partial charge in [0.1, 0.15) is 0 Å². The van der Waals surface area contributed by atoms with Crippen LogP contribution in [0.1, 0.15) is 12.8 Å². The van der Waals surface area contributed by atoms with E-state index < -0.39 is 16.8 Å². The Morgan fingerprint density at radius 1 is 0.960 bits per heavy atom. The van der Waals surface area contributed by atoms with E-state index in [1.54, 1.807) is 24.3 Å². The number of fused-ring (bicyclic) bond motifs is 6. The Bertz CT molecular complexity index is 928. The standard InChI is InChI=1S/C18H14N2O5/c21-17-15-13-7-8-14(25-13)16(15)18(22)19(17)11-5-6-12(20(23)24)10-4-2-1-3-9(10)11/h1-6,13-16H,7-8H2/t13?,14?,15-,16+. The normalized spacial score (nSPS) is 30.3. The van der Waals surface area contributed by atoms with Gasteiger partial charge in [0.2, 0.25) is 11.8 Å². The lowest BCUT2D eigenvalue weighted by Crippen LogP contribution is -2.34. The van der Waals surface area contributed by atoms with E-state index in [9.17, 15) is 19.7 Å². The van der Waals surface area contributed by atoms with Crippen LogP contribution in [0.3, 0.4) is 0 Å². The zero-order chi connectivity index (χ0) is 17.3. The van der Waals surface area contributed by atoms with Crippen molar-refractivity contribution in [3.63, 3.8) is 0 Å². The minimum absolute atomic E-state index is 0.0398. The second-order valence-electron chi connectivity index (χ2n) is 6.76. The molecule has 2 amide bonds. The molecule has 5 rings (SSSR count). The number of ether oxygens (including phenoxy) is 1. The molecule has 2 aromatic rings. The number of benzene rings is 2. The van der Waals surface area contributed by atoms with Gasteiger partial charge in [0, 0.05) is 11.5 Å². The number of nitro groups is 1. The quantitative estimate of drug-likeness (QED) is 0.476. The highest BCUT2D eigenvalue weighted by Gasteiger charge is 2.62. The van der Waals surface area contributed by atoms with Crippen molar-refractivity contribution in [2.45, 2.75) is 25.0 Å². The first-order chi connectivity index (χ1) is 12.1. The number of non-ortho nitro benzene ring substituents is 1. The summed E-state index contributed by atoms with van der Waals surface area (Å²) in [4.78, 5) is 37.9. The van der Waals surface area contributed by atoms with Crippen LogP contribution in [0.2, 0.25) is 0 Å². The zero-order valence-corrected chi connectivity index (χ0v) is 13.1. The van der Waals surface area contributed by atoms with Gasteiger partial charge in [0.15, 0.2) is 0 Å². The van der Waals surface area contributed by atoms with Gasteiger partial charge in [-0.15, -0.1) is 0 Å². The third kappa shape index (κ3) is 1.78. The summed E-state index contributed by atoms with van der Waals surface area (Å²) in [6.45, 7) is 0. The van der Waals surface area contributed by atoms with Crippen molar-refractivity contribution in [1.29, 1.82) is 0 Å². The van der Waals surface area contributed by atoms with Crippen LogP contribution in [0.25, 0.3) is 10.8 Å². The minimum atomic E-state index is -0.456. The molecule has 2 unspecified atom stereocenters. The molecule has 3 aliphatic heterocycles. The van der Waals surface area contributed by atoms with Crippen molar-refractivity contribution in [3.05, 3.63) is 46.5 Å². The molecule has 126 valence electrons. The number of rotatable bonds is 2. The first-order valence-corrected chi connectivity index (χ1v) is 8.27. The Morgan fingerprint density at radius 3 is 2.16 bits per heavy atom. The Kier molecular flexibility index (Phi) is 2.82. The largest absolute Gasteiger partial charge is 0.373 e. The molecule has 3 fully saturated rings. The van der Waals surface area contributed by atoms with Gasteiger partial charge in [-0.05, 0) is 25.0 Å². The fraction of sp³-hybridized carbons (Fsp3) is 0.333. The van der Waals surface area contributed by atoms with Crippen LogP contribution in [0.4, 0.5) is 11.4 Å². The summed E-state index contributed by atoms with van der Waals surface area (Å²) in [7, 11) is 0. The second-order valence-corrected chi connectivity index (χ2v) is 6.76. The maximum atomic E-state index is 12.9. The summed E-state index contributed by atoms with van der Waals surface area (Å²) in [6.07, 6.45) is 1.25. The molecule has 0 spiro atoms. The molecule has 0 aromatic heterocycles. The van der Waals surface area contributed by atoms with Gasteiger partial charge >= 0.3 is 0 Å². The highest BCUT2D eigenvalue weighted by atomic mass is 16.6. The third-order valence-electron chi connectivity index (χ3n) is 5.60. The van der Waals surface area contributed by atoms with Gasteiger partial charge in [0.05, 0.1) is 40.0 Å². The molecule has 2 bridgehead atoms. The van der Waals surface area contributed by atoms with E-state index in [2.05, 4.69) is 0 Å². The molecule has 25 heavy (non-hydrogen) atoms. The number of imide groups is 1. The predicted octanol–water partition coefficient (Wildman–Crippen LogP) is 2.41. The maximum absolute atomic E-state index is 12.9. The summed E-state index contributed by atoms with van der Waals surface area (Å²) in [6, 6.07) is 9.65. The Labute approximate surface area is 142 Å². The Balaban J connectivity index is 1.67. The molecule has 3 aliphatic rings. The lowest BCUT2D eigenvalue weighted by molar-refractivity contribution is -0.383. The van der Waals surface area contributed by atoms with Crippen LogP contribution in [-0.4, -0.2) is 28.9 Å². The van der Waals surface area contributed by atoms with Crippen LogP contribution in [0.5, 0.6) is 0 Å². The molecule has 0 saturated carbocycles. The fourth-order valence-corrected chi connectivity index (χ4v) is 4.57. The zero-order valence-electron chi connectivity index (χ0n) is 13.1. The van der Waals surface area contributed by atoms with Crippen molar-refractivity contribution >= 4 is 34.0 Å². The Morgan fingerprint density at radius 2 is 1.56 bits per heavy atom. The van der Waals surface area contributed by atoms with Gasteiger partial charge < -0.3 is 4.74 Å². The summed E-state index contributed by atoms with van der Waals surface area (Å²) in [5.41, 5.74) is 0.382. The highest BCUT2D eigenvalue weighted by molar-refractivity contribution is 6.26. The van der Waals surface area contributed by atoms with Crippen molar-refractivity contribution in [3.8, 4) is 0 Å². The number of anilines is 1. The van der Waals surface area contributed by atoms with Crippen LogP contribution < -0.4 is 4.90 Å². The van der Waals surface area contributed by atoms with Crippen LogP contribution in [0, 0.1) is 22.0 Å². The summed E-state index contributed by atoms with van der Waals surface area (Å²) in [5, 5.41) is 12.2. The fourth-order valence-electron chi connectivity index (χ4n) is 4.57. The number of nitrogens with zero attached hydrogens (tertiary/aromatic N) is 2. The van der Waals surface area contributed by atoms with Crippen LogP contribution in [0.15, 0.2) is 36.4 Å². The molecular weight excluding hydrogens is 324 g/mol. The van der Waals surface area contributed by atoms with Crippen molar-refractivity contribution in [2.24, 2.45) is 11.8 Å². The van der Waals surface area contributed by atoms with E-state index in [1.807, 2.05) is 0 Å². The van der Waals surface area contributed by atoms with E-state index in [4.69, 9.17) is 4.74 Å². The molecule has 0 radical (unpaired) electrons. The van der Waals surface area contributed by atoms with Gasteiger partial charge in [-0.25, -0.2) is 4.90 Å². The monoisotopic (exact) mass is 338 g/mol. The SMILES string of the molecule is O=C1[C@@H]2C3CCC(O3)[C@@H]2C(=O)N1c1ccc([N+](=O)[O-])c2ccccc12. The smallest absolute Gasteiger partial charge is 0.277 e. The second kappa shape index (κ2) is 4.86. The molecule has 0 aliphatic carbocycles. The van der Waals surface area contributed by atoms with Crippen molar-refractivity contribution < 1.29 is 19.2 Å². The number of carbonyl (C=O) groups excluding carboxylic acids is 2. The number of carbonyl (C=O) groups is 2. The molecular formula is C18H14N2O5. The average molecular weight is 338 g/mol. The molecule has 3 saturated heterocycles. The molecule has 0 N–H and O–H groups in total. The van der Waals surface area contributed by atoms with Gasteiger partial charge in [-0.3, -0.25) is 19.7 Å². The van der Waals surface area contributed by atoms with Gasteiger partial charge in [-0.2, -0.15) is 0 Å². The Hall–Kier alpha value is -2.80. The lowest BCUT2D eigenvalue weighted by Gasteiger charge is -2.19. The third-order valence-corrected chi connectivity index (χ3v) is 5.60. The summed E-state index contributed by atoms with van der Waals surface area (Å²) < 4.78 is 5.74. The first-order valence-electron chi connectivity index (χ1n) is 8.27. The lowest BCUT2D eigenvalue weighted by atomic mass is 9.81. The number of hydrogen-bond donors (Lipinski definition) is 0. The molecule has 7 heteroatoms. The molecule has 2 aromatic carbocycles. The molecule has 3 heterocycles. The van der Waals surface area contributed by atoms with Crippen LogP contribution in [-0.2, 0) is 14.3 Å². The van der Waals surface area contributed by atoms with Crippen molar-refractivity contribution in [1.82, 2.24) is 0 Å². The topological polar surface area (TPSA) is 89.8 Å². The van der Waals surface area contributed by atoms with Gasteiger partial charge in [0.25, 0.3) is 5.69 Å². The van der Waals surface area contributed by atoms with Crippen molar-refractivity contribution in [2.75, 3.05) is 4.90 Å². The maximum Gasteiger partial charge on any atom is 0.277 e. The molecule has 4 atom stereocenters.